The lowest BCUT2D eigenvalue weighted by atomic mass is 9.83. The summed E-state index contributed by atoms with van der Waals surface area (Å²) in [7, 11) is 0. The number of benzene rings is 2. The topological polar surface area (TPSA) is 64.0 Å². The van der Waals surface area contributed by atoms with E-state index in [2.05, 4.69) is 10.3 Å². The second-order valence-corrected chi connectivity index (χ2v) is 6.01. The second kappa shape index (κ2) is 6.36. The summed E-state index contributed by atoms with van der Waals surface area (Å²) in [5.74, 6) is -0.185. The fraction of sp³-hybridized carbons (Fsp3) is 0.150. The van der Waals surface area contributed by atoms with E-state index in [1.807, 2.05) is 22.9 Å². The number of nitrogens with one attached hydrogen (secondary N) is 1. The molecule has 0 saturated heterocycles. The number of fused-ring (bicyclic) bond motifs is 2. The fourth-order valence-corrected chi connectivity index (χ4v) is 3.20. The van der Waals surface area contributed by atoms with Crippen LogP contribution in [0.5, 0.6) is 0 Å². The van der Waals surface area contributed by atoms with E-state index in [4.69, 9.17) is 0 Å². The predicted molar refractivity (Wildman–Crippen MR) is 95.1 cm³/mol. The van der Waals surface area contributed by atoms with Gasteiger partial charge in [0, 0.05) is 47.9 Å². The maximum absolute atomic E-state index is 12.9. The zero-order chi connectivity index (χ0) is 17.2. The van der Waals surface area contributed by atoms with Crippen molar-refractivity contribution in [3.8, 4) is 0 Å². The number of rotatable bonds is 5. The van der Waals surface area contributed by atoms with Gasteiger partial charge in [-0.2, -0.15) is 0 Å². The van der Waals surface area contributed by atoms with Crippen LogP contribution in [0.3, 0.4) is 0 Å². The molecule has 124 valence electrons. The molecule has 1 aliphatic carbocycles. The first-order valence-corrected chi connectivity index (χ1v) is 8.27. The Morgan fingerprint density at radius 3 is 2.44 bits per heavy atom. The minimum absolute atomic E-state index is 0.0905. The molecule has 1 N–H and O–H groups in total. The van der Waals surface area contributed by atoms with Crippen molar-refractivity contribution in [2.45, 2.75) is 13.0 Å². The molecule has 0 saturated carbocycles. The van der Waals surface area contributed by atoms with Crippen LogP contribution in [0.2, 0.25) is 0 Å². The number of carbonyl (C=O) groups is 2. The molecule has 0 bridgehead atoms. The van der Waals surface area contributed by atoms with Gasteiger partial charge in [0.05, 0.1) is 11.9 Å². The van der Waals surface area contributed by atoms with Gasteiger partial charge >= 0.3 is 0 Å². The standard InChI is InChI=1S/C20H17N3O2/c24-19-14-5-1-2-6-15(14)20(25)18-16(19)7-3-8-17(18)22-9-4-11-23-12-10-21-13-23/h1-3,5-8,10,12-13,22H,4,9,11H2. The van der Waals surface area contributed by atoms with Crippen molar-refractivity contribution in [3.63, 3.8) is 0 Å². The minimum atomic E-state index is -0.0945. The third kappa shape index (κ3) is 2.74. The summed E-state index contributed by atoms with van der Waals surface area (Å²) in [6.45, 7) is 1.55. The molecule has 25 heavy (non-hydrogen) atoms. The molecule has 5 heteroatoms. The van der Waals surface area contributed by atoms with Crippen molar-refractivity contribution in [3.05, 3.63) is 83.4 Å². The highest BCUT2D eigenvalue weighted by atomic mass is 16.1. The molecule has 0 aliphatic heterocycles. The van der Waals surface area contributed by atoms with Gasteiger partial charge in [-0.15, -0.1) is 0 Å². The van der Waals surface area contributed by atoms with Gasteiger partial charge in [-0.3, -0.25) is 9.59 Å². The highest BCUT2D eigenvalue weighted by Gasteiger charge is 2.31. The summed E-state index contributed by atoms with van der Waals surface area (Å²) in [6.07, 6.45) is 6.34. The van der Waals surface area contributed by atoms with Gasteiger partial charge in [0.25, 0.3) is 0 Å². The Bertz CT molecular complexity index is 945. The van der Waals surface area contributed by atoms with E-state index < -0.39 is 0 Å². The van der Waals surface area contributed by atoms with Crippen LogP contribution in [-0.4, -0.2) is 27.7 Å². The van der Waals surface area contributed by atoms with Gasteiger partial charge in [0.15, 0.2) is 11.6 Å². The molecule has 0 unspecified atom stereocenters. The number of ketones is 2. The van der Waals surface area contributed by atoms with Crippen LogP contribution in [0, 0.1) is 0 Å². The number of hydrogen-bond donors (Lipinski definition) is 1. The normalized spacial score (nSPS) is 12.6. The first-order valence-electron chi connectivity index (χ1n) is 8.27. The Balaban J connectivity index is 1.57. The van der Waals surface area contributed by atoms with Gasteiger partial charge in [0.2, 0.25) is 0 Å². The van der Waals surface area contributed by atoms with Crippen molar-refractivity contribution in [2.24, 2.45) is 0 Å². The molecule has 5 nitrogen and oxygen atoms in total. The Labute approximate surface area is 145 Å². The van der Waals surface area contributed by atoms with Gasteiger partial charge in [-0.1, -0.05) is 36.4 Å². The number of imidazole rings is 1. The lowest BCUT2D eigenvalue weighted by Crippen LogP contribution is -2.22. The molecule has 1 heterocycles. The van der Waals surface area contributed by atoms with Gasteiger partial charge in [-0.05, 0) is 12.5 Å². The van der Waals surface area contributed by atoms with Crippen LogP contribution >= 0.6 is 0 Å². The maximum Gasteiger partial charge on any atom is 0.196 e. The lowest BCUT2D eigenvalue weighted by molar-refractivity contribution is 0.0979. The molecule has 2 aromatic carbocycles. The van der Waals surface area contributed by atoms with Crippen molar-refractivity contribution in [2.75, 3.05) is 11.9 Å². The van der Waals surface area contributed by atoms with E-state index in [1.54, 1.807) is 42.9 Å². The number of hydrogen-bond acceptors (Lipinski definition) is 4. The van der Waals surface area contributed by atoms with Gasteiger partial charge < -0.3 is 9.88 Å². The Hall–Kier alpha value is -3.21. The summed E-state index contributed by atoms with van der Waals surface area (Å²) in [5, 5.41) is 3.31. The first-order chi connectivity index (χ1) is 12.3. The van der Waals surface area contributed by atoms with Crippen molar-refractivity contribution < 1.29 is 9.59 Å². The molecular weight excluding hydrogens is 314 g/mol. The average Bonchev–Trinajstić information content (AvgIpc) is 3.16. The zero-order valence-electron chi connectivity index (χ0n) is 13.6. The minimum Gasteiger partial charge on any atom is -0.384 e. The summed E-state index contributed by atoms with van der Waals surface area (Å²) < 4.78 is 2.01. The molecule has 0 fully saturated rings. The highest BCUT2D eigenvalue weighted by Crippen LogP contribution is 2.31. The Morgan fingerprint density at radius 2 is 1.68 bits per heavy atom. The zero-order valence-corrected chi connectivity index (χ0v) is 13.6. The van der Waals surface area contributed by atoms with E-state index in [-0.39, 0.29) is 11.6 Å². The number of aryl methyl sites for hydroxylation is 1. The molecule has 0 atom stereocenters. The van der Waals surface area contributed by atoms with Crippen molar-refractivity contribution in [1.82, 2.24) is 9.55 Å². The van der Waals surface area contributed by atoms with E-state index in [0.29, 0.717) is 28.8 Å². The smallest absolute Gasteiger partial charge is 0.196 e. The molecule has 0 amide bonds. The molecule has 3 aromatic rings. The first kappa shape index (κ1) is 15.3. The molecule has 1 aliphatic rings. The fourth-order valence-electron chi connectivity index (χ4n) is 3.20. The van der Waals surface area contributed by atoms with E-state index in [9.17, 15) is 9.59 Å². The van der Waals surface area contributed by atoms with Crippen LogP contribution in [0.1, 0.15) is 38.3 Å². The molecule has 1 aromatic heterocycles. The highest BCUT2D eigenvalue weighted by molar-refractivity contribution is 6.30. The summed E-state index contributed by atoms with van der Waals surface area (Å²) in [6, 6.07) is 12.4. The molecule has 0 spiro atoms. The van der Waals surface area contributed by atoms with E-state index >= 15 is 0 Å². The predicted octanol–water partition coefficient (Wildman–Crippen LogP) is 3.16. The second-order valence-electron chi connectivity index (χ2n) is 6.01. The van der Waals surface area contributed by atoms with Crippen molar-refractivity contribution in [1.29, 1.82) is 0 Å². The quantitative estimate of drug-likeness (QED) is 0.571. The number of anilines is 1. The molecule has 0 radical (unpaired) electrons. The summed E-state index contributed by atoms with van der Waals surface area (Å²) in [5.41, 5.74) is 2.64. The molecule has 4 rings (SSSR count). The van der Waals surface area contributed by atoms with Gasteiger partial charge in [-0.25, -0.2) is 4.98 Å². The maximum atomic E-state index is 12.9. The number of nitrogens with zero attached hydrogens (tertiary/aromatic N) is 2. The van der Waals surface area contributed by atoms with E-state index in [0.717, 1.165) is 18.7 Å². The van der Waals surface area contributed by atoms with Crippen LogP contribution in [-0.2, 0) is 6.54 Å². The average molecular weight is 331 g/mol. The Kier molecular flexibility index (Phi) is 3.90. The van der Waals surface area contributed by atoms with Crippen LogP contribution in [0.4, 0.5) is 5.69 Å². The van der Waals surface area contributed by atoms with Crippen molar-refractivity contribution >= 4 is 17.3 Å². The monoisotopic (exact) mass is 331 g/mol. The lowest BCUT2D eigenvalue weighted by Gasteiger charge is -2.20. The third-order valence-corrected chi connectivity index (χ3v) is 4.42. The largest absolute Gasteiger partial charge is 0.384 e. The summed E-state index contributed by atoms with van der Waals surface area (Å²) in [4.78, 5) is 29.6. The number of aromatic nitrogens is 2. The van der Waals surface area contributed by atoms with Crippen LogP contribution in [0.15, 0.2) is 61.2 Å². The van der Waals surface area contributed by atoms with Gasteiger partial charge in [0.1, 0.15) is 0 Å². The Morgan fingerprint density at radius 1 is 0.920 bits per heavy atom. The van der Waals surface area contributed by atoms with Crippen LogP contribution < -0.4 is 5.32 Å². The van der Waals surface area contributed by atoms with Crippen LogP contribution in [0.25, 0.3) is 0 Å². The summed E-state index contributed by atoms with van der Waals surface area (Å²) >= 11 is 0. The third-order valence-electron chi connectivity index (χ3n) is 4.42. The van der Waals surface area contributed by atoms with E-state index in [1.165, 1.54) is 0 Å². The number of carbonyl (C=O) groups excluding carboxylic acids is 2. The SMILES string of the molecule is O=C1c2ccccc2C(=O)c2c(NCCCn3ccnc3)cccc21. The molecular formula is C20H17N3O2.